The van der Waals surface area contributed by atoms with Gasteiger partial charge in [-0.05, 0) is 11.8 Å². The largest absolute Gasteiger partial charge is 0.412 e. The van der Waals surface area contributed by atoms with Gasteiger partial charge in [0.15, 0.2) is 0 Å². The molecule has 0 atom stereocenters. The van der Waals surface area contributed by atoms with Crippen LogP contribution in [0.3, 0.4) is 0 Å². The Morgan fingerprint density at radius 2 is 1.33 bits per heavy atom. The molecular weight excluding hydrogens is 107 g/mol. The molecule has 5 nitrogen and oxygen atoms in total. The van der Waals surface area contributed by atoms with Gasteiger partial charge in [-0.3, -0.25) is 17.5 Å². The van der Waals surface area contributed by atoms with Gasteiger partial charge in [0.05, 0.1) is 0 Å². The summed E-state index contributed by atoms with van der Waals surface area (Å²) < 4.78 is 0. The van der Waals surface area contributed by atoms with E-state index in [1.165, 1.54) is 0 Å². The first kappa shape index (κ1) is 16.5. The van der Waals surface area contributed by atoms with E-state index in [0.717, 1.165) is 0 Å². The molecule has 0 aliphatic heterocycles. The zero-order chi connectivity index (χ0) is 4.71. The molecule has 0 heterocycles. The van der Waals surface area contributed by atoms with E-state index in [4.69, 9.17) is 0 Å². The lowest BCUT2D eigenvalue weighted by Gasteiger charge is -1.57. The van der Waals surface area contributed by atoms with Gasteiger partial charge < -0.3 is 5.48 Å². The maximum Gasteiger partial charge on any atom is -0.00899 e. The Labute approximate surface area is 40.8 Å². The molecule has 0 aromatic carbocycles. The molecule has 0 aromatic heterocycles. The zero-order valence-corrected chi connectivity index (χ0v) is 3.87. The number of hydrogen-bond donors (Lipinski definition) is 4. The van der Waals surface area contributed by atoms with Crippen molar-refractivity contribution in [1.82, 2.24) is 4.94 Å². The van der Waals surface area contributed by atoms with E-state index in [1.54, 1.807) is 4.94 Å². The van der Waals surface area contributed by atoms with E-state index in [9.17, 15) is 0 Å². The average molecular weight is 117 g/mol. The highest BCUT2D eigenvalue weighted by atomic mass is 35.5. The van der Waals surface area contributed by atoms with Crippen molar-refractivity contribution in [3.05, 3.63) is 0 Å². The fourth-order valence-corrected chi connectivity index (χ4v) is 0. The monoisotopic (exact) mass is 116 g/mol. The minimum atomic E-state index is 0. The van der Waals surface area contributed by atoms with Crippen LogP contribution in [0, 0.1) is 0 Å². The third-order valence-electron chi connectivity index (χ3n) is 0. The van der Waals surface area contributed by atoms with E-state index in [2.05, 4.69) is 29.3 Å². The molecule has 0 radical (unpaired) electrons. The van der Waals surface area contributed by atoms with Crippen LogP contribution in [0.5, 0.6) is 0 Å². The quantitative estimate of drug-likeness (QED) is 0.160. The second-order valence-electron chi connectivity index (χ2n) is 0.109. The van der Waals surface area contributed by atoms with Gasteiger partial charge >= 0.3 is 0 Å². The van der Waals surface area contributed by atoms with Crippen molar-refractivity contribution >= 4 is 11.8 Å². The van der Waals surface area contributed by atoms with Crippen LogP contribution in [0.2, 0.25) is 0 Å². The molecule has 0 spiro atoms. The zero-order valence-electron chi connectivity index (χ0n) is 3.11. The van der Waals surface area contributed by atoms with Gasteiger partial charge in [0, 0.05) is 0 Å². The summed E-state index contributed by atoms with van der Waals surface area (Å²) >= 11 is 4.53. The minimum absolute atomic E-state index is 0. The second kappa shape index (κ2) is 71.7. The molecule has 0 amide bonds. The summed E-state index contributed by atoms with van der Waals surface area (Å²) in [6.45, 7) is 0. The van der Waals surface area contributed by atoms with Crippen molar-refractivity contribution in [2.24, 2.45) is 17.5 Å². The van der Waals surface area contributed by atoms with E-state index < -0.39 is 0 Å². The topological polar surface area (TPSA) is 122 Å². The SMILES string of the molecule is NN.NNCl.O. The summed E-state index contributed by atoms with van der Waals surface area (Å²) in [6, 6.07) is 0. The Morgan fingerprint density at radius 3 is 1.33 bits per heavy atom. The van der Waals surface area contributed by atoms with Crippen molar-refractivity contribution in [2.45, 2.75) is 0 Å². The molecule has 6 heteroatoms. The molecule has 0 aliphatic rings. The van der Waals surface area contributed by atoms with Gasteiger partial charge in [-0.2, -0.15) is 4.94 Å². The van der Waals surface area contributed by atoms with Crippen LogP contribution in [0.4, 0.5) is 0 Å². The van der Waals surface area contributed by atoms with E-state index in [-0.39, 0.29) is 5.48 Å². The highest BCUT2D eigenvalue weighted by Crippen LogP contribution is 1.32. The van der Waals surface area contributed by atoms with Crippen molar-refractivity contribution < 1.29 is 5.48 Å². The second-order valence-corrected chi connectivity index (χ2v) is 0.327. The molecule has 6 heavy (non-hydrogen) atoms. The molecule has 0 saturated heterocycles. The Morgan fingerprint density at radius 1 is 1.33 bits per heavy atom. The lowest BCUT2D eigenvalue weighted by atomic mass is 13.0. The van der Waals surface area contributed by atoms with Crippen LogP contribution in [-0.4, -0.2) is 5.48 Å². The van der Waals surface area contributed by atoms with Crippen LogP contribution in [0.15, 0.2) is 0 Å². The minimum Gasteiger partial charge on any atom is -0.412 e. The standard InChI is InChI=1S/ClH3N2.H4N2.H2O/c1-3-2;1-2;/h3H,2H2;1-2H2;1H2. The van der Waals surface area contributed by atoms with Crippen molar-refractivity contribution in [3.63, 3.8) is 0 Å². The van der Waals surface area contributed by atoms with Crippen LogP contribution < -0.4 is 22.5 Å². The normalized spacial score (nSPS) is 4.00. The molecule has 0 aliphatic carbocycles. The first-order valence-corrected chi connectivity index (χ1v) is 1.19. The smallest absolute Gasteiger partial charge is 0.00899 e. The first-order chi connectivity index (χ1) is 2.41. The van der Waals surface area contributed by atoms with Crippen LogP contribution in [0.1, 0.15) is 0 Å². The molecule has 0 fully saturated rings. The first-order valence-electron chi connectivity index (χ1n) is 0.811. The summed E-state index contributed by atoms with van der Waals surface area (Å²) in [5.41, 5.74) is 0. The van der Waals surface area contributed by atoms with Crippen molar-refractivity contribution in [3.8, 4) is 0 Å². The summed E-state index contributed by atoms with van der Waals surface area (Å²) in [5, 5.41) is 0. The summed E-state index contributed by atoms with van der Waals surface area (Å²) in [4.78, 5) is 1.72. The summed E-state index contributed by atoms with van der Waals surface area (Å²) in [5.74, 6) is 12.4. The van der Waals surface area contributed by atoms with Crippen LogP contribution in [-0.2, 0) is 0 Å². The summed E-state index contributed by atoms with van der Waals surface area (Å²) in [6.07, 6.45) is 0. The Balaban J connectivity index is -0.0000000275. The molecule has 0 aromatic rings. The molecule has 0 rings (SSSR count). The highest BCUT2D eigenvalue weighted by Gasteiger charge is 1.27. The maximum absolute atomic E-state index is 4.53. The fourth-order valence-electron chi connectivity index (χ4n) is 0. The number of hydrogen-bond acceptors (Lipinski definition) is 4. The summed E-state index contributed by atoms with van der Waals surface area (Å²) in [7, 11) is 0. The average Bonchev–Trinajstić information content (AvgIpc) is 1.46. The van der Waals surface area contributed by atoms with E-state index in [0.29, 0.717) is 0 Å². The van der Waals surface area contributed by atoms with E-state index in [1.807, 2.05) is 0 Å². The lowest BCUT2D eigenvalue weighted by Crippen LogP contribution is -2.05. The predicted octanol–water partition coefficient (Wildman–Crippen LogP) is -2.40. The van der Waals surface area contributed by atoms with Crippen molar-refractivity contribution in [1.29, 1.82) is 0 Å². The third-order valence-corrected chi connectivity index (χ3v) is 0. The molecule has 0 unspecified atom stereocenters. The lowest BCUT2D eigenvalue weighted by molar-refractivity contribution is 0.824. The van der Waals surface area contributed by atoms with E-state index >= 15 is 0 Å². The Bertz CT molecular complexity index is 7.51. The van der Waals surface area contributed by atoms with Gasteiger partial charge in [0.25, 0.3) is 0 Å². The Kier molecular flexibility index (Phi) is 197. The molecular formula is H9ClN4O. The highest BCUT2D eigenvalue weighted by molar-refractivity contribution is 6.12. The van der Waals surface area contributed by atoms with Crippen molar-refractivity contribution in [2.75, 3.05) is 0 Å². The molecule has 42 valence electrons. The molecule has 0 saturated carbocycles. The van der Waals surface area contributed by atoms with Gasteiger partial charge in [-0.25, -0.2) is 0 Å². The van der Waals surface area contributed by atoms with Crippen LogP contribution >= 0.6 is 11.8 Å². The molecule has 0 bridgehead atoms. The number of hydrazine groups is 2. The maximum atomic E-state index is 4.53. The number of nitrogens with one attached hydrogen (secondary N) is 1. The Hall–Kier alpha value is 0.0900. The predicted molar refractivity (Wildman–Crippen MR) is 25.2 cm³/mol. The van der Waals surface area contributed by atoms with Gasteiger partial charge in [0.2, 0.25) is 0 Å². The number of halogens is 1. The number of nitrogens with two attached hydrogens (primary N) is 3. The van der Waals surface area contributed by atoms with Gasteiger partial charge in [0.1, 0.15) is 0 Å². The number of rotatable bonds is 0. The van der Waals surface area contributed by atoms with Gasteiger partial charge in [-0.1, -0.05) is 0 Å². The third kappa shape index (κ3) is 4820. The van der Waals surface area contributed by atoms with Gasteiger partial charge in [-0.15, -0.1) is 0 Å². The fraction of sp³-hybridized carbons (Fsp3) is 0. The molecule has 9 N–H and O–H groups in total. The van der Waals surface area contributed by atoms with Crippen LogP contribution in [0.25, 0.3) is 0 Å².